The van der Waals surface area contributed by atoms with Gasteiger partial charge in [0.15, 0.2) is 0 Å². The quantitative estimate of drug-likeness (QED) is 0.688. The molecular weight excluding hydrogens is 358 g/mol. The van der Waals surface area contributed by atoms with E-state index in [1.165, 1.54) is 23.3 Å². The lowest BCUT2D eigenvalue weighted by atomic mass is 10.1. The van der Waals surface area contributed by atoms with Gasteiger partial charge in [-0.1, -0.05) is 5.16 Å². The Hall–Kier alpha value is -1.99. The van der Waals surface area contributed by atoms with E-state index >= 15 is 0 Å². The highest BCUT2D eigenvalue weighted by Crippen LogP contribution is 2.35. The van der Waals surface area contributed by atoms with Gasteiger partial charge in [-0.05, 0) is 66.1 Å². The maximum Gasteiger partial charge on any atom is 0.146 e. The zero-order valence-electron chi connectivity index (χ0n) is 16.7. The van der Waals surface area contributed by atoms with Gasteiger partial charge in [-0.15, -0.1) is 11.3 Å². The van der Waals surface area contributed by atoms with Gasteiger partial charge in [-0.3, -0.25) is 4.90 Å². The maximum absolute atomic E-state index is 5.35. The standard InChI is InChI=1S/C20H27N5OS/c1-11-15(5)27-20-17(11)19(21-12(2)18-13(3)24-26-14(18)4)22-16(23-20)10-25-8-6-7-9-25/h12H,6-10H2,1-5H3,(H,21,22,23). The normalized spacial score (nSPS) is 16.3. The second kappa shape index (κ2) is 7.20. The van der Waals surface area contributed by atoms with E-state index in [9.17, 15) is 0 Å². The van der Waals surface area contributed by atoms with Gasteiger partial charge in [0.05, 0.1) is 23.7 Å². The van der Waals surface area contributed by atoms with Crippen LogP contribution in [0.5, 0.6) is 0 Å². The van der Waals surface area contributed by atoms with Crippen LogP contribution in [0, 0.1) is 27.7 Å². The molecule has 1 N–H and O–H groups in total. The van der Waals surface area contributed by atoms with Crippen molar-refractivity contribution >= 4 is 27.4 Å². The number of fused-ring (bicyclic) bond motifs is 1. The molecule has 144 valence electrons. The molecule has 1 fully saturated rings. The maximum atomic E-state index is 5.35. The van der Waals surface area contributed by atoms with E-state index < -0.39 is 0 Å². The molecule has 27 heavy (non-hydrogen) atoms. The third kappa shape index (κ3) is 3.46. The first-order valence-corrected chi connectivity index (χ1v) is 10.4. The van der Waals surface area contributed by atoms with Crippen molar-refractivity contribution in [2.75, 3.05) is 18.4 Å². The third-order valence-electron chi connectivity index (χ3n) is 5.51. The molecule has 0 bridgehead atoms. The lowest BCUT2D eigenvalue weighted by molar-refractivity contribution is 0.323. The summed E-state index contributed by atoms with van der Waals surface area (Å²) >= 11 is 1.76. The smallest absolute Gasteiger partial charge is 0.146 e. The van der Waals surface area contributed by atoms with Crippen molar-refractivity contribution in [2.24, 2.45) is 0 Å². The van der Waals surface area contributed by atoms with Crippen LogP contribution < -0.4 is 5.32 Å². The van der Waals surface area contributed by atoms with Gasteiger partial charge in [-0.25, -0.2) is 9.97 Å². The second-order valence-corrected chi connectivity index (χ2v) is 8.74. The van der Waals surface area contributed by atoms with Gasteiger partial charge < -0.3 is 9.84 Å². The molecule has 0 radical (unpaired) electrons. The van der Waals surface area contributed by atoms with Gasteiger partial charge in [-0.2, -0.15) is 0 Å². The van der Waals surface area contributed by atoms with Gasteiger partial charge >= 0.3 is 0 Å². The van der Waals surface area contributed by atoms with Crippen molar-refractivity contribution in [1.29, 1.82) is 0 Å². The highest BCUT2D eigenvalue weighted by molar-refractivity contribution is 7.18. The highest BCUT2D eigenvalue weighted by Gasteiger charge is 2.21. The van der Waals surface area contributed by atoms with E-state index in [4.69, 9.17) is 14.5 Å². The van der Waals surface area contributed by atoms with Crippen LogP contribution in [0.1, 0.15) is 59.1 Å². The lowest BCUT2D eigenvalue weighted by Crippen LogP contribution is -2.20. The third-order valence-corrected chi connectivity index (χ3v) is 6.61. The van der Waals surface area contributed by atoms with Gasteiger partial charge in [0.25, 0.3) is 0 Å². The molecular formula is C20H27N5OS. The van der Waals surface area contributed by atoms with Crippen LogP contribution in [-0.2, 0) is 6.54 Å². The number of rotatable bonds is 5. The summed E-state index contributed by atoms with van der Waals surface area (Å²) in [7, 11) is 0. The fourth-order valence-corrected chi connectivity index (χ4v) is 5.04. The number of anilines is 1. The van der Waals surface area contributed by atoms with Crippen LogP contribution in [0.4, 0.5) is 5.82 Å². The molecule has 0 aliphatic carbocycles. The van der Waals surface area contributed by atoms with E-state index in [-0.39, 0.29) is 6.04 Å². The van der Waals surface area contributed by atoms with E-state index in [1.807, 2.05) is 13.8 Å². The Morgan fingerprint density at radius 2 is 1.89 bits per heavy atom. The van der Waals surface area contributed by atoms with Crippen molar-refractivity contribution < 1.29 is 4.52 Å². The minimum Gasteiger partial charge on any atom is -0.363 e. The van der Waals surface area contributed by atoms with E-state index in [2.05, 4.69) is 36.1 Å². The summed E-state index contributed by atoms with van der Waals surface area (Å²) in [5.41, 5.74) is 3.29. The number of hydrogen-bond acceptors (Lipinski definition) is 7. The summed E-state index contributed by atoms with van der Waals surface area (Å²) in [6, 6.07) is 0.0635. The molecule has 0 amide bonds. The Kier molecular flexibility index (Phi) is 4.90. The molecule has 0 aromatic carbocycles. The molecule has 3 aromatic heterocycles. The first-order chi connectivity index (χ1) is 12.9. The molecule has 1 atom stereocenters. The average Bonchev–Trinajstić information content (AvgIpc) is 3.30. The topological polar surface area (TPSA) is 67.1 Å². The molecule has 0 spiro atoms. The molecule has 6 nitrogen and oxygen atoms in total. The lowest BCUT2D eigenvalue weighted by Gasteiger charge is -2.18. The second-order valence-electron chi connectivity index (χ2n) is 7.54. The summed E-state index contributed by atoms with van der Waals surface area (Å²) in [6.07, 6.45) is 2.54. The Balaban J connectivity index is 1.72. The van der Waals surface area contributed by atoms with E-state index in [0.29, 0.717) is 0 Å². The van der Waals surface area contributed by atoms with Crippen molar-refractivity contribution in [3.63, 3.8) is 0 Å². The Bertz CT molecular complexity index is 951. The Labute approximate surface area is 164 Å². The first kappa shape index (κ1) is 18.4. The Morgan fingerprint density at radius 1 is 1.15 bits per heavy atom. The number of thiophene rings is 1. The summed E-state index contributed by atoms with van der Waals surface area (Å²) in [6.45, 7) is 13.5. The molecule has 0 saturated carbocycles. The van der Waals surface area contributed by atoms with Crippen LogP contribution in [0.15, 0.2) is 4.52 Å². The molecule has 7 heteroatoms. The number of hydrogen-bond donors (Lipinski definition) is 1. The molecule has 4 rings (SSSR count). The zero-order valence-corrected chi connectivity index (χ0v) is 17.5. The molecule has 3 aromatic rings. The fraction of sp³-hybridized carbons (Fsp3) is 0.550. The summed E-state index contributed by atoms with van der Waals surface area (Å²) in [4.78, 5) is 14.6. The Morgan fingerprint density at radius 3 is 2.56 bits per heavy atom. The van der Waals surface area contributed by atoms with Crippen LogP contribution in [-0.4, -0.2) is 33.1 Å². The fourth-order valence-electron chi connectivity index (χ4n) is 4.00. The number of aryl methyl sites for hydroxylation is 4. The SMILES string of the molecule is Cc1noc(C)c1C(C)Nc1nc(CN2CCCC2)nc2sc(C)c(C)c12. The predicted molar refractivity (Wildman–Crippen MR) is 109 cm³/mol. The van der Waals surface area contributed by atoms with Crippen molar-refractivity contribution in [1.82, 2.24) is 20.0 Å². The number of nitrogens with one attached hydrogen (secondary N) is 1. The summed E-state index contributed by atoms with van der Waals surface area (Å²) in [5.74, 6) is 2.68. The van der Waals surface area contributed by atoms with Crippen LogP contribution in [0.25, 0.3) is 10.2 Å². The van der Waals surface area contributed by atoms with Crippen molar-refractivity contribution in [3.8, 4) is 0 Å². The number of aromatic nitrogens is 3. The van der Waals surface area contributed by atoms with Crippen molar-refractivity contribution in [2.45, 2.75) is 60.0 Å². The minimum absolute atomic E-state index is 0.0635. The first-order valence-electron chi connectivity index (χ1n) is 9.62. The van der Waals surface area contributed by atoms with Crippen molar-refractivity contribution in [3.05, 3.63) is 33.3 Å². The monoisotopic (exact) mass is 385 g/mol. The molecule has 1 aliphatic rings. The van der Waals surface area contributed by atoms with Crippen LogP contribution >= 0.6 is 11.3 Å². The van der Waals surface area contributed by atoms with E-state index in [1.54, 1.807) is 11.3 Å². The summed E-state index contributed by atoms with van der Waals surface area (Å²) < 4.78 is 5.35. The van der Waals surface area contributed by atoms with E-state index in [0.717, 1.165) is 58.5 Å². The van der Waals surface area contributed by atoms with Crippen LogP contribution in [0.3, 0.4) is 0 Å². The number of nitrogens with zero attached hydrogens (tertiary/aromatic N) is 4. The minimum atomic E-state index is 0.0635. The number of likely N-dealkylation sites (tertiary alicyclic amines) is 1. The predicted octanol–water partition coefficient (Wildman–Crippen LogP) is 4.68. The largest absolute Gasteiger partial charge is 0.363 e. The average molecular weight is 386 g/mol. The van der Waals surface area contributed by atoms with Crippen LogP contribution in [0.2, 0.25) is 0 Å². The van der Waals surface area contributed by atoms with Gasteiger partial charge in [0.2, 0.25) is 0 Å². The summed E-state index contributed by atoms with van der Waals surface area (Å²) in [5, 5.41) is 8.86. The highest BCUT2D eigenvalue weighted by atomic mass is 32.1. The molecule has 1 aliphatic heterocycles. The molecule has 1 saturated heterocycles. The van der Waals surface area contributed by atoms with Gasteiger partial charge in [0, 0.05) is 10.4 Å². The van der Waals surface area contributed by atoms with Gasteiger partial charge in [0.1, 0.15) is 22.2 Å². The zero-order chi connectivity index (χ0) is 19.1. The molecule has 1 unspecified atom stereocenters. The molecule has 4 heterocycles.